The molecule has 1 amide bonds. The molecule has 2 aromatic rings. The quantitative estimate of drug-likeness (QED) is 0.584. The standard InChI is InChI=1S/C16H12Cl2F2N2O2/c17-12-3-1-10(7-13(12)18)9-24-21-6-5-16(23)22-15-4-2-11(19)8-14(15)20/h1-4,6-8H,5,9H2,(H,22,23). The van der Waals surface area contributed by atoms with Crippen molar-refractivity contribution in [2.45, 2.75) is 13.0 Å². The van der Waals surface area contributed by atoms with Crippen molar-refractivity contribution in [1.82, 2.24) is 0 Å². The molecule has 0 saturated heterocycles. The van der Waals surface area contributed by atoms with Crippen LogP contribution in [-0.4, -0.2) is 12.1 Å². The number of amides is 1. The lowest BCUT2D eigenvalue weighted by Crippen LogP contribution is -2.13. The van der Waals surface area contributed by atoms with Crippen LogP contribution in [0, 0.1) is 11.6 Å². The van der Waals surface area contributed by atoms with E-state index in [0.29, 0.717) is 16.1 Å². The lowest BCUT2D eigenvalue weighted by molar-refractivity contribution is -0.115. The van der Waals surface area contributed by atoms with Crippen LogP contribution in [0.5, 0.6) is 0 Å². The second-order valence-corrected chi connectivity index (χ2v) is 5.50. The van der Waals surface area contributed by atoms with Crippen molar-refractivity contribution < 1.29 is 18.4 Å². The van der Waals surface area contributed by atoms with Crippen molar-refractivity contribution >= 4 is 41.0 Å². The molecule has 0 heterocycles. The maximum atomic E-state index is 13.4. The normalized spacial score (nSPS) is 10.8. The van der Waals surface area contributed by atoms with Gasteiger partial charge in [-0.1, -0.05) is 34.4 Å². The summed E-state index contributed by atoms with van der Waals surface area (Å²) in [6.45, 7) is 0.154. The molecule has 0 saturated carbocycles. The van der Waals surface area contributed by atoms with E-state index in [2.05, 4.69) is 10.5 Å². The van der Waals surface area contributed by atoms with Gasteiger partial charge in [-0.15, -0.1) is 0 Å². The predicted octanol–water partition coefficient (Wildman–Crippen LogP) is 4.80. The highest BCUT2D eigenvalue weighted by atomic mass is 35.5. The van der Waals surface area contributed by atoms with Gasteiger partial charge in [0.05, 0.1) is 28.4 Å². The Kier molecular flexibility index (Phi) is 6.52. The third-order valence-electron chi connectivity index (χ3n) is 2.85. The molecule has 0 unspecified atom stereocenters. The van der Waals surface area contributed by atoms with Gasteiger partial charge in [0, 0.05) is 6.07 Å². The van der Waals surface area contributed by atoms with E-state index < -0.39 is 17.5 Å². The Bertz CT molecular complexity index is 770. The van der Waals surface area contributed by atoms with Gasteiger partial charge in [0.15, 0.2) is 0 Å². The zero-order valence-electron chi connectivity index (χ0n) is 12.2. The molecule has 0 fully saturated rings. The molecule has 1 N–H and O–H groups in total. The Morgan fingerprint density at radius 3 is 2.67 bits per heavy atom. The minimum atomic E-state index is -0.851. The topological polar surface area (TPSA) is 50.7 Å². The van der Waals surface area contributed by atoms with Crippen LogP contribution in [0.2, 0.25) is 10.0 Å². The average Bonchev–Trinajstić information content (AvgIpc) is 2.53. The zero-order chi connectivity index (χ0) is 17.5. The summed E-state index contributed by atoms with van der Waals surface area (Å²) in [5.74, 6) is -2.08. The molecule has 0 aliphatic rings. The molecular formula is C16H12Cl2F2N2O2. The fourth-order valence-electron chi connectivity index (χ4n) is 1.71. The molecule has 4 nitrogen and oxygen atoms in total. The smallest absolute Gasteiger partial charge is 0.229 e. The Labute approximate surface area is 147 Å². The van der Waals surface area contributed by atoms with Crippen LogP contribution in [0.1, 0.15) is 12.0 Å². The van der Waals surface area contributed by atoms with Gasteiger partial charge in [0.25, 0.3) is 0 Å². The Balaban J connectivity index is 1.77. The first kappa shape index (κ1) is 18.2. The molecule has 0 aliphatic heterocycles. The zero-order valence-corrected chi connectivity index (χ0v) is 13.7. The molecule has 0 atom stereocenters. The minimum Gasteiger partial charge on any atom is -0.391 e. The summed E-state index contributed by atoms with van der Waals surface area (Å²) in [6, 6.07) is 7.88. The molecule has 0 radical (unpaired) electrons. The van der Waals surface area contributed by atoms with Crippen LogP contribution >= 0.6 is 23.2 Å². The molecule has 126 valence electrons. The highest BCUT2D eigenvalue weighted by Gasteiger charge is 2.07. The van der Waals surface area contributed by atoms with Crippen molar-refractivity contribution in [2.75, 3.05) is 5.32 Å². The number of oxime groups is 1. The van der Waals surface area contributed by atoms with Crippen LogP contribution in [0.3, 0.4) is 0 Å². The maximum absolute atomic E-state index is 13.4. The largest absolute Gasteiger partial charge is 0.391 e. The van der Waals surface area contributed by atoms with Crippen molar-refractivity contribution in [2.24, 2.45) is 5.16 Å². The lowest BCUT2D eigenvalue weighted by Gasteiger charge is -2.04. The predicted molar refractivity (Wildman–Crippen MR) is 89.3 cm³/mol. The van der Waals surface area contributed by atoms with Crippen molar-refractivity contribution in [3.63, 3.8) is 0 Å². The van der Waals surface area contributed by atoms with Crippen molar-refractivity contribution in [3.05, 3.63) is 63.6 Å². The lowest BCUT2D eigenvalue weighted by atomic mass is 10.2. The highest BCUT2D eigenvalue weighted by molar-refractivity contribution is 6.42. The van der Waals surface area contributed by atoms with E-state index >= 15 is 0 Å². The SMILES string of the molecule is O=C(CC=NOCc1ccc(Cl)c(Cl)c1)Nc1ccc(F)cc1F. The maximum Gasteiger partial charge on any atom is 0.229 e. The fraction of sp³-hybridized carbons (Fsp3) is 0.125. The number of carbonyl (C=O) groups is 1. The second-order valence-electron chi connectivity index (χ2n) is 4.69. The fourth-order valence-corrected chi connectivity index (χ4v) is 2.03. The third-order valence-corrected chi connectivity index (χ3v) is 3.59. The molecular weight excluding hydrogens is 361 g/mol. The summed E-state index contributed by atoms with van der Waals surface area (Å²) in [4.78, 5) is 16.6. The Morgan fingerprint density at radius 2 is 1.96 bits per heavy atom. The van der Waals surface area contributed by atoms with Gasteiger partial charge in [-0.2, -0.15) is 0 Å². The average molecular weight is 373 g/mol. The van der Waals surface area contributed by atoms with Crippen LogP contribution < -0.4 is 5.32 Å². The van der Waals surface area contributed by atoms with Crippen LogP contribution in [0.25, 0.3) is 0 Å². The van der Waals surface area contributed by atoms with Gasteiger partial charge in [-0.05, 0) is 29.8 Å². The molecule has 0 aliphatic carbocycles. The molecule has 2 aromatic carbocycles. The molecule has 0 bridgehead atoms. The number of anilines is 1. The molecule has 24 heavy (non-hydrogen) atoms. The van der Waals surface area contributed by atoms with Gasteiger partial charge in [0.1, 0.15) is 18.2 Å². The van der Waals surface area contributed by atoms with E-state index in [-0.39, 0.29) is 18.7 Å². The number of hydrogen-bond acceptors (Lipinski definition) is 3. The second kappa shape index (κ2) is 8.61. The van der Waals surface area contributed by atoms with Gasteiger partial charge in [-0.25, -0.2) is 8.78 Å². The number of nitrogens with one attached hydrogen (secondary N) is 1. The highest BCUT2D eigenvalue weighted by Crippen LogP contribution is 2.22. The van der Waals surface area contributed by atoms with Gasteiger partial charge < -0.3 is 10.2 Å². The number of halogens is 4. The van der Waals surface area contributed by atoms with Crippen molar-refractivity contribution in [3.8, 4) is 0 Å². The monoisotopic (exact) mass is 372 g/mol. The van der Waals surface area contributed by atoms with Gasteiger partial charge in [0.2, 0.25) is 5.91 Å². The molecule has 2 rings (SSSR count). The van der Waals surface area contributed by atoms with E-state index in [1.54, 1.807) is 18.2 Å². The van der Waals surface area contributed by atoms with Gasteiger partial charge in [-0.3, -0.25) is 4.79 Å². The summed E-state index contributed by atoms with van der Waals surface area (Å²) in [7, 11) is 0. The van der Waals surface area contributed by atoms with Crippen LogP contribution in [0.15, 0.2) is 41.6 Å². The first-order valence-electron chi connectivity index (χ1n) is 6.78. The molecule has 8 heteroatoms. The summed E-state index contributed by atoms with van der Waals surface area (Å²) < 4.78 is 26.1. The number of rotatable bonds is 6. The van der Waals surface area contributed by atoms with Crippen LogP contribution in [0.4, 0.5) is 14.5 Å². The van der Waals surface area contributed by atoms with Gasteiger partial charge >= 0.3 is 0 Å². The number of hydrogen-bond donors (Lipinski definition) is 1. The first-order valence-corrected chi connectivity index (χ1v) is 7.54. The van der Waals surface area contributed by atoms with Crippen LogP contribution in [-0.2, 0) is 16.2 Å². The third kappa shape index (κ3) is 5.47. The molecule has 0 aromatic heterocycles. The summed E-state index contributed by atoms with van der Waals surface area (Å²) in [5, 5.41) is 6.77. The van der Waals surface area contributed by atoms with E-state index in [4.69, 9.17) is 28.0 Å². The summed E-state index contributed by atoms with van der Waals surface area (Å²) in [5.41, 5.74) is 0.658. The number of nitrogens with zero attached hydrogens (tertiary/aromatic N) is 1. The number of benzene rings is 2. The number of carbonyl (C=O) groups excluding carboxylic acids is 1. The minimum absolute atomic E-state index is 0.105. The summed E-state index contributed by atoms with van der Waals surface area (Å²) in [6.07, 6.45) is 1.10. The first-order chi connectivity index (χ1) is 11.5. The van der Waals surface area contributed by atoms with Crippen molar-refractivity contribution in [1.29, 1.82) is 0 Å². The van der Waals surface area contributed by atoms with E-state index in [9.17, 15) is 13.6 Å². The Morgan fingerprint density at radius 1 is 1.17 bits per heavy atom. The molecule has 0 spiro atoms. The summed E-state index contributed by atoms with van der Waals surface area (Å²) >= 11 is 11.7. The van der Waals surface area contributed by atoms with E-state index in [1.807, 2.05) is 0 Å². The van der Waals surface area contributed by atoms with E-state index in [0.717, 1.165) is 17.7 Å². The Hall–Kier alpha value is -2.18. The van der Waals surface area contributed by atoms with E-state index in [1.165, 1.54) is 6.21 Å².